The molecule has 3 aromatic carbocycles. The van der Waals surface area contributed by atoms with E-state index in [0.717, 1.165) is 67.5 Å². The molecule has 3 aliphatic heterocycles. The fourth-order valence-electron chi connectivity index (χ4n) is 7.93. The summed E-state index contributed by atoms with van der Waals surface area (Å²) >= 11 is 6.67. The van der Waals surface area contributed by atoms with Crippen molar-refractivity contribution in [3.05, 3.63) is 130 Å². The third-order valence-electron chi connectivity index (χ3n) is 10.9. The Morgan fingerprint density at radius 3 is 2.40 bits per heavy atom. The molecule has 0 radical (unpaired) electrons. The Hall–Kier alpha value is -4.96. The van der Waals surface area contributed by atoms with Crippen LogP contribution in [0.1, 0.15) is 43.1 Å². The lowest BCUT2D eigenvalue weighted by Gasteiger charge is -2.40. The summed E-state index contributed by atoms with van der Waals surface area (Å²) in [4.78, 5) is 42.7. The molecule has 2 aromatic heterocycles. The molecule has 8 rings (SSSR count). The summed E-state index contributed by atoms with van der Waals surface area (Å²) in [5.74, 6) is 0.725. The first-order chi connectivity index (χ1) is 25.3. The molecule has 0 saturated carbocycles. The molecule has 3 aliphatic rings. The number of carbonyl (C=O) groups is 2. The molecule has 5 heterocycles. The van der Waals surface area contributed by atoms with Crippen LogP contribution in [0, 0.1) is 6.92 Å². The van der Waals surface area contributed by atoms with Gasteiger partial charge in [-0.1, -0.05) is 54.1 Å². The van der Waals surface area contributed by atoms with Crippen LogP contribution in [0.25, 0.3) is 11.3 Å². The highest BCUT2D eigenvalue weighted by Gasteiger charge is 2.34. The average molecular weight is 715 g/mol. The number of ether oxygens (including phenoxy) is 1. The van der Waals surface area contributed by atoms with E-state index in [1.807, 2.05) is 85.1 Å². The Morgan fingerprint density at radius 2 is 1.62 bits per heavy atom. The molecule has 1 saturated heterocycles. The topological polar surface area (TPSA) is 74.2 Å². The van der Waals surface area contributed by atoms with Crippen molar-refractivity contribution >= 4 is 40.6 Å². The third-order valence-corrected chi connectivity index (χ3v) is 11.2. The van der Waals surface area contributed by atoms with Crippen LogP contribution < -0.4 is 9.80 Å². The maximum atomic E-state index is 14.8. The van der Waals surface area contributed by atoms with Gasteiger partial charge in [-0.25, -0.2) is 4.98 Å². The summed E-state index contributed by atoms with van der Waals surface area (Å²) in [6.07, 6.45) is 3.44. The number of halogens is 1. The van der Waals surface area contributed by atoms with E-state index >= 15 is 0 Å². The van der Waals surface area contributed by atoms with Crippen molar-refractivity contribution in [3.63, 3.8) is 0 Å². The van der Waals surface area contributed by atoms with Crippen molar-refractivity contribution in [1.29, 1.82) is 0 Å². The Balaban J connectivity index is 1.17. The fraction of sp³-hybridized carbons (Fsp3) is 0.310. The second-order valence-corrected chi connectivity index (χ2v) is 14.5. The fourth-order valence-corrected chi connectivity index (χ4v) is 8.10. The minimum atomic E-state index is -0.174. The SMILES string of the molecule is Cc1c(C(=O)N(c2ccccc2)c2cnc3c(c2)CCN3C)cc(-c2cc(Cl)ccc2C(=O)N2Cc3ccccc3C[C@H]2CN2CCOCC2)n1C. The molecule has 0 unspecified atom stereocenters. The van der Waals surface area contributed by atoms with Gasteiger partial charge < -0.3 is 19.1 Å². The minimum absolute atomic E-state index is 0.00327. The van der Waals surface area contributed by atoms with Crippen molar-refractivity contribution in [2.24, 2.45) is 7.05 Å². The molecule has 0 spiro atoms. The standard InChI is InChI=1S/C42H43ClN6O3/c1-28-37(42(51)49(33-11-5-4-6-12-33)34-22-30-15-16-45(2)40(30)44-25-34)24-39(46(28)3)38-23-32(43)13-14-36(38)41(50)48-26-31-10-8-7-9-29(31)21-35(48)27-47-17-19-52-20-18-47/h4-14,22-25,35H,15-21,26-27H2,1-3H3/t35-/m0/s1. The van der Waals surface area contributed by atoms with Gasteiger partial charge in [0.25, 0.3) is 11.8 Å². The lowest BCUT2D eigenvalue weighted by molar-refractivity contribution is 0.0193. The second-order valence-electron chi connectivity index (χ2n) is 14.1. The maximum absolute atomic E-state index is 14.8. The number of aromatic nitrogens is 2. The van der Waals surface area contributed by atoms with E-state index in [4.69, 9.17) is 21.3 Å². The lowest BCUT2D eigenvalue weighted by atomic mass is 9.92. The maximum Gasteiger partial charge on any atom is 0.264 e. The van der Waals surface area contributed by atoms with Gasteiger partial charge in [-0.05, 0) is 78.9 Å². The first-order valence-electron chi connectivity index (χ1n) is 18.0. The van der Waals surface area contributed by atoms with Gasteiger partial charge in [0.15, 0.2) is 0 Å². The monoisotopic (exact) mass is 714 g/mol. The van der Waals surface area contributed by atoms with E-state index in [-0.39, 0.29) is 17.9 Å². The summed E-state index contributed by atoms with van der Waals surface area (Å²) in [5.41, 5.74) is 8.36. The predicted molar refractivity (Wildman–Crippen MR) is 206 cm³/mol. The number of para-hydroxylation sites is 1. The van der Waals surface area contributed by atoms with E-state index in [1.165, 1.54) is 11.1 Å². The zero-order valence-electron chi connectivity index (χ0n) is 29.9. The molecule has 1 atom stereocenters. The van der Waals surface area contributed by atoms with Crippen molar-refractivity contribution in [2.75, 3.05) is 56.2 Å². The number of benzene rings is 3. The van der Waals surface area contributed by atoms with Gasteiger partial charge in [-0.3, -0.25) is 19.4 Å². The van der Waals surface area contributed by atoms with E-state index in [2.05, 4.69) is 34.1 Å². The summed E-state index contributed by atoms with van der Waals surface area (Å²) in [7, 11) is 3.98. The van der Waals surface area contributed by atoms with Crippen molar-refractivity contribution in [1.82, 2.24) is 19.4 Å². The number of likely N-dealkylation sites (N-methyl/N-ethyl adjacent to an activating group) is 1. The molecule has 5 aromatic rings. The summed E-state index contributed by atoms with van der Waals surface area (Å²) in [6, 6.07) is 27.5. The van der Waals surface area contributed by atoms with E-state index in [0.29, 0.717) is 47.2 Å². The highest BCUT2D eigenvalue weighted by Crippen LogP contribution is 2.37. The summed E-state index contributed by atoms with van der Waals surface area (Å²) in [6.45, 7) is 7.25. The lowest BCUT2D eigenvalue weighted by Crippen LogP contribution is -2.52. The number of morpholine rings is 1. The van der Waals surface area contributed by atoms with Crippen LogP contribution in [-0.2, 0) is 31.2 Å². The normalized spacial score (nSPS) is 17.2. The largest absolute Gasteiger partial charge is 0.379 e. The van der Waals surface area contributed by atoms with E-state index in [1.54, 1.807) is 17.2 Å². The Kier molecular flexibility index (Phi) is 9.34. The third kappa shape index (κ3) is 6.38. The molecule has 10 heteroatoms. The minimum Gasteiger partial charge on any atom is -0.379 e. The number of amides is 2. The summed E-state index contributed by atoms with van der Waals surface area (Å²) < 4.78 is 7.61. The first kappa shape index (κ1) is 34.1. The molecule has 0 bridgehead atoms. The van der Waals surface area contributed by atoms with Crippen LogP contribution in [0.15, 0.2) is 91.1 Å². The molecule has 0 aliphatic carbocycles. The van der Waals surface area contributed by atoms with Gasteiger partial charge in [0.2, 0.25) is 0 Å². The van der Waals surface area contributed by atoms with Crippen molar-refractivity contribution in [2.45, 2.75) is 32.4 Å². The quantitative estimate of drug-likeness (QED) is 0.182. The van der Waals surface area contributed by atoms with E-state index < -0.39 is 0 Å². The molecular formula is C42H43ClN6O3. The van der Waals surface area contributed by atoms with Crippen LogP contribution in [0.2, 0.25) is 5.02 Å². The molecular weight excluding hydrogens is 672 g/mol. The number of pyridine rings is 1. The molecule has 52 heavy (non-hydrogen) atoms. The van der Waals surface area contributed by atoms with Gasteiger partial charge in [0.05, 0.1) is 30.7 Å². The predicted octanol–water partition coefficient (Wildman–Crippen LogP) is 6.92. The zero-order chi connectivity index (χ0) is 35.9. The number of carbonyl (C=O) groups excluding carboxylic acids is 2. The second kappa shape index (κ2) is 14.2. The number of anilines is 3. The van der Waals surface area contributed by atoms with Crippen LogP contribution in [0.3, 0.4) is 0 Å². The number of nitrogens with zero attached hydrogens (tertiary/aromatic N) is 6. The Morgan fingerprint density at radius 1 is 0.865 bits per heavy atom. The number of rotatable bonds is 7. The van der Waals surface area contributed by atoms with E-state index in [9.17, 15) is 9.59 Å². The van der Waals surface area contributed by atoms with Crippen LogP contribution in [0.5, 0.6) is 0 Å². The van der Waals surface area contributed by atoms with Crippen LogP contribution in [-0.4, -0.2) is 83.6 Å². The Labute approximate surface area is 310 Å². The Bertz CT molecular complexity index is 2140. The molecule has 266 valence electrons. The van der Waals surface area contributed by atoms with Gasteiger partial charge >= 0.3 is 0 Å². The average Bonchev–Trinajstić information content (AvgIpc) is 3.69. The van der Waals surface area contributed by atoms with Gasteiger partial charge in [-0.2, -0.15) is 0 Å². The number of hydrogen-bond acceptors (Lipinski definition) is 6. The number of hydrogen-bond donors (Lipinski definition) is 0. The van der Waals surface area contributed by atoms with Gasteiger partial charge in [0, 0.05) is 86.1 Å². The van der Waals surface area contributed by atoms with Gasteiger partial charge in [-0.15, -0.1) is 0 Å². The highest BCUT2D eigenvalue weighted by atomic mass is 35.5. The smallest absolute Gasteiger partial charge is 0.264 e. The molecule has 9 nitrogen and oxygen atoms in total. The number of fused-ring (bicyclic) bond motifs is 2. The molecule has 0 N–H and O–H groups in total. The highest BCUT2D eigenvalue weighted by molar-refractivity contribution is 6.31. The first-order valence-corrected chi connectivity index (χ1v) is 18.4. The van der Waals surface area contributed by atoms with Crippen LogP contribution >= 0.6 is 11.6 Å². The van der Waals surface area contributed by atoms with Gasteiger partial charge in [0.1, 0.15) is 5.82 Å². The summed E-state index contributed by atoms with van der Waals surface area (Å²) in [5, 5.41) is 0.521. The molecule has 1 fully saturated rings. The zero-order valence-corrected chi connectivity index (χ0v) is 30.6. The van der Waals surface area contributed by atoms with Crippen molar-refractivity contribution in [3.8, 4) is 11.3 Å². The van der Waals surface area contributed by atoms with Crippen molar-refractivity contribution < 1.29 is 14.3 Å². The molecule has 2 amide bonds. The van der Waals surface area contributed by atoms with Crippen LogP contribution in [0.4, 0.5) is 17.2 Å².